The van der Waals surface area contributed by atoms with Gasteiger partial charge in [-0.05, 0) is 30.1 Å². The first-order valence-corrected chi connectivity index (χ1v) is 10.9. The fourth-order valence-corrected chi connectivity index (χ4v) is 4.14. The molecule has 2 aromatic heterocycles. The molecule has 0 saturated heterocycles. The van der Waals surface area contributed by atoms with Crippen LogP contribution in [0.15, 0.2) is 47.4 Å². The van der Waals surface area contributed by atoms with Gasteiger partial charge in [0.25, 0.3) is 5.88 Å². The Bertz CT molecular complexity index is 1270. The van der Waals surface area contributed by atoms with Crippen molar-refractivity contribution in [2.75, 3.05) is 12.4 Å². The number of rotatable bonds is 7. The Morgan fingerprint density at radius 2 is 2.00 bits per heavy atom. The lowest BCUT2D eigenvalue weighted by atomic mass is 9.80. The van der Waals surface area contributed by atoms with E-state index in [0.717, 1.165) is 16.8 Å². The second-order valence-corrected chi connectivity index (χ2v) is 8.10. The van der Waals surface area contributed by atoms with Gasteiger partial charge in [0.2, 0.25) is 0 Å². The van der Waals surface area contributed by atoms with Crippen LogP contribution in [0.4, 0.5) is 5.82 Å². The number of benzene rings is 2. The van der Waals surface area contributed by atoms with Crippen LogP contribution in [0.2, 0.25) is 0 Å². The molecule has 2 heterocycles. The highest BCUT2D eigenvalue weighted by Crippen LogP contribution is 2.35. The Morgan fingerprint density at radius 1 is 1.22 bits per heavy atom. The van der Waals surface area contributed by atoms with Crippen LogP contribution in [-0.2, 0) is 17.9 Å². The van der Waals surface area contributed by atoms with Crippen molar-refractivity contribution in [3.8, 4) is 17.3 Å². The van der Waals surface area contributed by atoms with Crippen molar-refractivity contribution in [2.24, 2.45) is 5.14 Å². The number of hydrogen-bond acceptors (Lipinski definition) is 9. The molecule has 0 saturated carbocycles. The van der Waals surface area contributed by atoms with Gasteiger partial charge in [-0.15, -0.1) is 15.3 Å². The molecule has 0 aliphatic heterocycles. The van der Waals surface area contributed by atoms with Gasteiger partial charge >= 0.3 is 7.12 Å². The fraction of sp³-hybridized carbons (Fsp3) is 0.150. The first kappa shape index (κ1) is 22.1. The summed E-state index contributed by atoms with van der Waals surface area (Å²) in [5, 5.41) is 36.6. The van der Waals surface area contributed by atoms with Crippen LogP contribution in [0.5, 0.6) is 5.88 Å². The van der Waals surface area contributed by atoms with Gasteiger partial charge in [0.1, 0.15) is 0 Å². The maximum Gasteiger partial charge on any atom is 0.488 e. The van der Waals surface area contributed by atoms with Crippen molar-refractivity contribution in [3.05, 3.63) is 53.7 Å². The van der Waals surface area contributed by atoms with Gasteiger partial charge in [-0.25, -0.2) is 4.98 Å². The minimum Gasteiger partial charge on any atom is -0.593 e. The second kappa shape index (κ2) is 9.14. The summed E-state index contributed by atoms with van der Waals surface area (Å²) >= 11 is -1.70. The molecule has 0 bridgehead atoms. The molecule has 0 amide bonds. The SMILES string of the molecule is COc1nnc(-c2c(C)[nH]c3cccc([S+](N)[O-])c23)nc1NCc1cccc(B(O)O)c1. The van der Waals surface area contributed by atoms with E-state index in [2.05, 4.69) is 25.5 Å². The van der Waals surface area contributed by atoms with E-state index in [4.69, 9.17) is 9.88 Å². The van der Waals surface area contributed by atoms with Crippen LogP contribution < -0.4 is 20.7 Å². The van der Waals surface area contributed by atoms with E-state index >= 15 is 0 Å². The zero-order chi connectivity index (χ0) is 22.8. The summed E-state index contributed by atoms with van der Waals surface area (Å²) in [6.07, 6.45) is 0. The van der Waals surface area contributed by atoms with E-state index in [1.165, 1.54) is 7.11 Å². The largest absolute Gasteiger partial charge is 0.593 e. The summed E-state index contributed by atoms with van der Waals surface area (Å²) in [5.74, 6) is 0.870. The Morgan fingerprint density at radius 3 is 2.72 bits per heavy atom. The van der Waals surface area contributed by atoms with E-state index < -0.39 is 18.5 Å². The summed E-state index contributed by atoms with van der Waals surface area (Å²) in [5.41, 5.74) is 3.39. The molecule has 10 nitrogen and oxygen atoms in total. The molecular weight excluding hydrogens is 431 g/mol. The van der Waals surface area contributed by atoms with Gasteiger partial charge in [0.15, 0.2) is 16.5 Å². The van der Waals surface area contributed by atoms with Crippen LogP contribution in [0.1, 0.15) is 11.3 Å². The van der Waals surface area contributed by atoms with Crippen molar-refractivity contribution in [3.63, 3.8) is 0 Å². The fourth-order valence-electron chi connectivity index (χ4n) is 3.52. The van der Waals surface area contributed by atoms with Crippen LogP contribution in [0.3, 0.4) is 0 Å². The molecule has 0 aliphatic rings. The number of nitrogens with zero attached hydrogens (tertiary/aromatic N) is 3. The molecule has 2 aromatic carbocycles. The molecule has 0 spiro atoms. The van der Waals surface area contributed by atoms with Crippen LogP contribution in [0, 0.1) is 6.92 Å². The Hall–Kier alpha value is -3.16. The number of nitrogens with two attached hydrogens (primary N) is 1. The number of aromatic amines is 1. The van der Waals surface area contributed by atoms with Crippen LogP contribution in [-0.4, -0.2) is 49.0 Å². The lowest BCUT2D eigenvalue weighted by Crippen LogP contribution is -2.30. The molecule has 0 fully saturated rings. The minimum absolute atomic E-state index is 0.201. The highest BCUT2D eigenvalue weighted by molar-refractivity contribution is 7.89. The third kappa shape index (κ3) is 4.26. The highest BCUT2D eigenvalue weighted by atomic mass is 32.2. The molecule has 0 radical (unpaired) electrons. The first-order valence-electron chi connectivity index (χ1n) is 9.64. The van der Waals surface area contributed by atoms with Crippen molar-refractivity contribution in [1.29, 1.82) is 0 Å². The minimum atomic E-state index is -1.70. The second-order valence-electron chi connectivity index (χ2n) is 7.07. The lowest BCUT2D eigenvalue weighted by Gasteiger charge is -2.11. The average Bonchev–Trinajstić information content (AvgIpc) is 3.13. The van der Waals surface area contributed by atoms with E-state index in [9.17, 15) is 14.6 Å². The third-order valence-electron chi connectivity index (χ3n) is 4.97. The van der Waals surface area contributed by atoms with E-state index in [-0.39, 0.29) is 5.88 Å². The Balaban J connectivity index is 1.73. The quantitative estimate of drug-likeness (QED) is 0.200. The molecule has 164 valence electrons. The molecule has 32 heavy (non-hydrogen) atoms. The lowest BCUT2D eigenvalue weighted by molar-refractivity contribution is 0.391. The Kier molecular flexibility index (Phi) is 6.30. The van der Waals surface area contributed by atoms with Gasteiger partial charge in [0.05, 0.1) is 34.9 Å². The summed E-state index contributed by atoms with van der Waals surface area (Å²) in [7, 11) is -0.0877. The highest BCUT2D eigenvalue weighted by Gasteiger charge is 2.23. The number of nitrogens with one attached hydrogen (secondary N) is 2. The number of ether oxygens (including phenoxy) is 1. The molecular formula is C20H21BN6O4S. The topological polar surface area (TPSA) is 165 Å². The van der Waals surface area contributed by atoms with Crippen LogP contribution in [0.25, 0.3) is 22.3 Å². The van der Waals surface area contributed by atoms with E-state index in [1.54, 1.807) is 30.3 Å². The average molecular weight is 452 g/mol. The van der Waals surface area contributed by atoms with Crippen LogP contribution >= 0.6 is 0 Å². The third-order valence-corrected chi connectivity index (χ3v) is 5.75. The number of H-pyrrole nitrogens is 1. The first-order chi connectivity index (χ1) is 15.4. The number of hydrogen-bond donors (Lipinski definition) is 5. The number of aromatic nitrogens is 4. The van der Waals surface area contributed by atoms with Crippen molar-refractivity contribution < 1.29 is 19.3 Å². The van der Waals surface area contributed by atoms with Gasteiger partial charge in [-0.3, -0.25) is 0 Å². The van der Waals surface area contributed by atoms with Crippen molar-refractivity contribution in [2.45, 2.75) is 18.4 Å². The molecule has 1 unspecified atom stereocenters. The summed E-state index contributed by atoms with van der Waals surface area (Å²) in [6.45, 7) is 2.20. The summed E-state index contributed by atoms with van der Waals surface area (Å²) < 4.78 is 17.4. The zero-order valence-electron chi connectivity index (χ0n) is 17.4. The maximum atomic E-state index is 12.1. The predicted molar refractivity (Wildman–Crippen MR) is 123 cm³/mol. The summed E-state index contributed by atoms with van der Waals surface area (Å²) in [6, 6.07) is 12.2. The number of anilines is 1. The molecule has 0 aliphatic carbocycles. The summed E-state index contributed by atoms with van der Waals surface area (Å²) in [4.78, 5) is 8.32. The predicted octanol–water partition coefficient (Wildman–Crippen LogP) is 0.610. The number of methoxy groups -OCH3 is 1. The van der Waals surface area contributed by atoms with E-state index in [0.29, 0.717) is 39.5 Å². The molecule has 4 rings (SSSR count). The monoisotopic (exact) mass is 452 g/mol. The zero-order valence-corrected chi connectivity index (χ0v) is 18.2. The smallest absolute Gasteiger partial charge is 0.488 e. The standard InChI is InChI=1S/C20H21BN6O4S/c1-11-16(17-14(24-11)7-4-8-15(17)32(22)30)18-25-19(20(31-2)27-26-18)23-10-12-5-3-6-13(9-12)21(28)29/h3-9,24,28-29H,10,22H2,1-2H3,(H,23,25,26). The Labute approximate surface area is 187 Å². The number of fused-ring (bicyclic) bond motifs is 1. The normalized spacial score (nSPS) is 12.1. The van der Waals surface area contributed by atoms with E-state index in [1.807, 2.05) is 19.1 Å². The van der Waals surface area contributed by atoms with Gasteiger partial charge in [0, 0.05) is 12.2 Å². The molecule has 4 aromatic rings. The molecule has 12 heteroatoms. The maximum absolute atomic E-state index is 12.1. The van der Waals surface area contributed by atoms with Gasteiger partial charge in [-0.1, -0.05) is 30.3 Å². The number of aryl methyl sites for hydroxylation is 1. The van der Waals surface area contributed by atoms with Gasteiger partial charge < -0.3 is 29.6 Å². The van der Waals surface area contributed by atoms with Gasteiger partial charge in [-0.2, -0.15) is 0 Å². The van der Waals surface area contributed by atoms with Crippen molar-refractivity contribution in [1.82, 2.24) is 20.2 Å². The molecule has 6 N–H and O–H groups in total. The molecule has 1 atom stereocenters. The van der Waals surface area contributed by atoms with Crippen molar-refractivity contribution >= 4 is 40.7 Å².